The molecule has 0 spiro atoms. The molecular formula is C24H30FNO5. The van der Waals surface area contributed by atoms with Crippen LogP contribution in [-0.4, -0.2) is 43.3 Å². The third-order valence-electron chi connectivity index (χ3n) is 4.64. The molecule has 0 atom stereocenters. The minimum atomic E-state index is -1.15. The fraction of sp³-hybridized carbons (Fsp3) is 0.417. The molecule has 0 aliphatic carbocycles. The zero-order valence-corrected chi connectivity index (χ0v) is 18.5. The molecule has 168 valence electrons. The summed E-state index contributed by atoms with van der Waals surface area (Å²) in [4.78, 5) is 24.2. The number of aryl methyl sites for hydroxylation is 1. The van der Waals surface area contributed by atoms with Gasteiger partial charge in [0.25, 0.3) is 5.91 Å². The van der Waals surface area contributed by atoms with Gasteiger partial charge in [-0.2, -0.15) is 0 Å². The van der Waals surface area contributed by atoms with E-state index in [1.807, 2.05) is 20.8 Å². The SMILES string of the molecule is CCCc1cc(-c2cc(C(=O)O)ccc2F)c(OCCCOC)cc1C(=O)NC(C)C. The van der Waals surface area contributed by atoms with Crippen LogP contribution >= 0.6 is 0 Å². The molecule has 2 rings (SSSR count). The minimum absolute atomic E-state index is 0.0274. The van der Waals surface area contributed by atoms with E-state index in [2.05, 4.69) is 5.32 Å². The lowest BCUT2D eigenvalue weighted by molar-refractivity contribution is 0.0696. The Morgan fingerprint density at radius 1 is 1.13 bits per heavy atom. The quantitative estimate of drug-likeness (QED) is 0.504. The fourth-order valence-corrected chi connectivity index (χ4v) is 3.23. The second-order valence-corrected chi connectivity index (χ2v) is 7.58. The Morgan fingerprint density at radius 2 is 1.87 bits per heavy atom. The first-order valence-corrected chi connectivity index (χ1v) is 10.4. The van der Waals surface area contributed by atoms with E-state index in [-0.39, 0.29) is 23.1 Å². The van der Waals surface area contributed by atoms with Gasteiger partial charge in [0, 0.05) is 42.9 Å². The lowest BCUT2D eigenvalue weighted by Gasteiger charge is -2.18. The molecule has 7 heteroatoms. The Morgan fingerprint density at radius 3 is 2.48 bits per heavy atom. The highest BCUT2D eigenvalue weighted by atomic mass is 19.1. The molecule has 0 aliphatic rings. The molecule has 2 aromatic rings. The third-order valence-corrected chi connectivity index (χ3v) is 4.64. The maximum atomic E-state index is 14.7. The van der Waals surface area contributed by atoms with Crippen molar-refractivity contribution in [3.05, 3.63) is 52.8 Å². The monoisotopic (exact) mass is 431 g/mol. The maximum Gasteiger partial charge on any atom is 0.335 e. The summed E-state index contributed by atoms with van der Waals surface area (Å²) < 4.78 is 25.7. The molecule has 0 heterocycles. The van der Waals surface area contributed by atoms with Crippen molar-refractivity contribution in [3.8, 4) is 16.9 Å². The molecule has 0 saturated carbocycles. The number of aromatic carboxylic acids is 1. The number of benzene rings is 2. The summed E-state index contributed by atoms with van der Waals surface area (Å²) in [6, 6.07) is 6.95. The second-order valence-electron chi connectivity index (χ2n) is 7.58. The molecule has 0 fully saturated rings. The number of carbonyl (C=O) groups excluding carboxylic acids is 1. The van der Waals surface area contributed by atoms with Crippen molar-refractivity contribution < 1.29 is 28.6 Å². The average molecular weight is 432 g/mol. The van der Waals surface area contributed by atoms with Crippen molar-refractivity contribution >= 4 is 11.9 Å². The Balaban J connectivity index is 2.64. The predicted octanol–water partition coefficient (Wildman–Crippen LogP) is 4.70. The normalized spacial score (nSPS) is 10.9. The van der Waals surface area contributed by atoms with E-state index in [1.54, 1.807) is 19.2 Å². The highest BCUT2D eigenvalue weighted by Gasteiger charge is 2.20. The van der Waals surface area contributed by atoms with Gasteiger partial charge in [-0.05, 0) is 56.2 Å². The summed E-state index contributed by atoms with van der Waals surface area (Å²) in [5, 5.41) is 12.2. The highest BCUT2D eigenvalue weighted by Crippen LogP contribution is 2.36. The summed E-state index contributed by atoms with van der Waals surface area (Å²) in [6.45, 7) is 6.54. The Hall–Kier alpha value is -2.93. The van der Waals surface area contributed by atoms with E-state index in [0.29, 0.717) is 42.9 Å². The maximum absolute atomic E-state index is 14.7. The van der Waals surface area contributed by atoms with Crippen LogP contribution in [0.15, 0.2) is 30.3 Å². The van der Waals surface area contributed by atoms with Crippen LogP contribution < -0.4 is 10.1 Å². The van der Waals surface area contributed by atoms with E-state index >= 15 is 0 Å². The van der Waals surface area contributed by atoms with Gasteiger partial charge >= 0.3 is 5.97 Å². The number of methoxy groups -OCH3 is 1. The Bertz CT molecular complexity index is 926. The van der Waals surface area contributed by atoms with Crippen LogP contribution in [0.5, 0.6) is 5.75 Å². The summed E-state index contributed by atoms with van der Waals surface area (Å²) in [7, 11) is 1.59. The van der Waals surface area contributed by atoms with Crippen molar-refractivity contribution in [2.45, 2.75) is 46.1 Å². The topological polar surface area (TPSA) is 84.9 Å². The van der Waals surface area contributed by atoms with E-state index in [1.165, 1.54) is 12.1 Å². The number of ether oxygens (including phenoxy) is 2. The Kier molecular flexibility index (Phi) is 9.00. The van der Waals surface area contributed by atoms with Crippen LogP contribution in [0.2, 0.25) is 0 Å². The molecule has 0 bridgehead atoms. The molecule has 0 aliphatic heterocycles. The van der Waals surface area contributed by atoms with Gasteiger partial charge in [0.1, 0.15) is 11.6 Å². The van der Waals surface area contributed by atoms with Crippen molar-refractivity contribution in [1.82, 2.24) is 5.32 Å². The van der Waals surface area contributed by atoms with E-state index in [0.717, 1.165) is 18.1 Å². The standard InChI is InChI=1S/C24H30FNO5/c1-5-7-16-12-20(19-13-17(24(28)29)8-9-21(19)25)22(31-11-6-10-30-4)14-18(16)23(27)26-15(2)3/h8-9,12-15H,5-7,10-11H2,1-4H3,(H,26,27)(H,28,29). The number of carboxylic acids is 1. The van der Waals surface area contributed by atoms with Crippen molar-refractivity contribution in [2.75, 3.05) is 20.3 Å². The predicted molar refractivity (Wildman–Crippen MR) is 117 cm³/mol. The summed E-state index contributed by atoms with van der Waals surface area (Å²) in [6.07, 6.45) is 2.00. The minimum Gasteiger partial charge on any atom is -0.493 e. The number of hydrogen-bond acceptors (Lipinski definition) is 4. The lowest BCUT2D eigenvalue weighted by atomic mass is 9.93. The molecule has 2 N–H and O–H groups in total. The van der Waals surface area contributed by atoms with Crippen LogP contribution in [0.1, 0.15) is 59.9 Å². The first-order chi connectivity index (χ1) is 14.8. The van der Waals surface area contributed by atoms with Crippen LogP contribution in [0.4, 0.5) is 4.39 Å². The first kappa shape index (κ1) is 24.3. The number of carbonyl (C=O) groups is 2. The van der Waals surface area contributed by atoms with Gasteiger partial charge in [0.2, 0.25) is 0 Å². The van der Waals surface area contributed by atoms with Crippen LogP contribution in [-0.2, 0) is 11.2 Å². The molecule has 0 radical (unpaired) electrons. The largest absolute Gasteiger partial charge is 0.493 e. The van der Waals surface area contributed by atoms with Crippen molar-refractivity contribution in [3.63, 3.8) is 0 Å². The molecular weight excluding hydrogens is 401 g/mol. The zero-order chi connectivity index (χ0) is 23.0. The first-order valence-electron chi connectivity index (χ1n) is 10.4. The van der Waals surface area contributed by atoms with E-state index in [4.69, 9.17) is 9.47 Å². The smallest absolute Gasteiger partial charge is 0.335 e. The number of rotatable bonds is 11. The summed E-state index contributed by atoms with van der Waals surface area (Å²) in [5.41, 5.74) is 1.73. The number of amides is 1. The van der Waals surface area contributed by atoms with Gasteiger partial charge in [-0.25, -0.2) is 9.18 Å². The lowest BCUT2D eigenvalue weighted by Crippen LogP contribution is -2.31. The third kappa shape index (κ3) is 6.52. The number of halogens is 1. The zero-order valence-electron chi connectivity index (χ0n) is 18.5. The van der Waals surface area contributed by atoms with Crippen LogP contribution in [0, 0.1) is 5.82 Å². The average Bonchev–Trinajstić information content (AvgIpc) is 2.71. The summed E-state index contributed by atoms with van der Waals surface area (Å²) in [5.74, 6) is -1.61. The van der Waals surface area contributed by atoms with Crippen LogP contribution in [0.25, 0.3) is 11.1 Å². The molecule has 6 nitrogen and oxygen atoms in total. The second kappa shape index (κ2) is 11.5. The molecule has 1 amide bonds. The van der Waals surface area contributed by atoms with Gasteiger partial charge in [-0.15, -0.1) is 0 Å². The van der Waals surface area contributed by atoms with Crippen molar-refractivity contribution in [1.29, 1.82) is 0 Å². The van der Waals surface area contributed by atoms with Gasteiger partial charge in [0.05, 0.1) is 12.2 Å². The molecule has 0 saturated heterocycles. The molecule has 31 heavy (non-hydrogen) atoms. The fourth-order valence-electron chi connectivity index (χ4n) is 3.23. The number of hydrogen-bond donors (Lipinski definition) is 2. The highest BCUT2D eigenvalue weighted by molar-refractivity contribution is 5.98. The molecule has 0 aromatic heterocycles. The van der Waals surface area contributed by atoms with Crippen molar-refractivity contribution in [2.24, 2.45) is 0 Å². The van der Waals surface area contributed by atoms with Gasteiger partial charge < -0.3 is 19.9 Å². The number of nitrogens with one attached hydrogen (secondary N) is 1. The Labute approximate surface area is 182 Å². The summed E-state index contributed by atoms with van der Waals surface area (Å²) >= 11 is 0. The van der Waals surface area contributed by atoms with E-state index in [9.17, 15) is 19.1 Å². The molecule has 0 unspecified atom stereocenters. The number of carboxylic acid groups (broad SMARTS) is 1. The van der Waals surface area contributed by atoms with Gasteiger partial charge in [0.15, 0.2) is 0 Å². The van der Waals surface area contributed by atoms with Gasteiger partial charge in [-0.3, -0.25) is 4.79 Å². The molecule has 2 aromatic carbocycles. The van der Waals surface area contributed by atoms with Crippen LogP contribution in [0.3, 0.4) is 0 Å². The van der Waals surface area contributed by atoms with Gasteiger partial charge in [-0.1, -0.05) is 13.3 Å². The van der Waals surface area contributed by atoms with E-state index < -0.39 is 11.8 Å².